The molecule has 0 heterocycles. The Labute approximate surface area is 275 Å². The van der Waals surface area contributed by atoms with Crippen molar-refractivity contribution in [1.82, 2.24) is 5.32 Å². The average Bonchev–Trinajstić information content (AvgIpc) is 3.39. The van der Waals surface area contributed by atoms with Crippen LogP contribution in [0, 0.1) is 17.3 Å². The van der Waals surface area contributed by atoms with Crippen molar-refractivity contribution in [3.63, 3.8) is 0 Å². The van der Waals surface area contributed by atoms with Gasteiger partial charge in [-0.3, -0.25) is 9.59 Å². The molecule has 12 nitrogen and oxygen atoms in total. The number of ether oxygens (including phenoxy) is 5. The number of amides is 2. The number of nitrogens with one attached hydrogen (secondary N) is 1. The summed E-state index contributed by atoms with van der Waals surface area (Å²) in [5.74, 6) is 0.273. The molecule has 2 fully saturated rings. The lowest BCUT2D eigenvalue weighted by Crippen LogP contribution is -2.45. The third kappa shape index (κ3) is 7.82. The summed E-state index contributed by atoms with van der Waals surface area (Å²) in [4.78, 5) is 36.0. The molecular weight excluding hydrogens is 606 g/mol. The van der Waals surface area contributed by atoms with Gasteiger partial charge in [-0.25, -0.2) is 4.79 Å². The Hall–Kier alpha value is -3.87. The molecule has 0 bridgehead atoms. The number of hydrogen-bond acceptors (Lipinski definition) is 10. The molecule has 0 saturated heterocycles. The highest BCUT2D eigenvalue weighted by atomic mass is 16.6. The fraction of sp³-hybridized carbons (Fsp3) is 0.571. The standard InChI is InChI=1S/C35H47N3O9/c1-35-13-11-24-23-6-4-22(43-2)19-21(23)3-5-25(24)26(35)7-10-29(35)46-15-12-30(39)38-14-16-44-17-18-45-20-31(40)47-28-9-8-27(36)33(41)32(28)34(37)42/h4,6,8-9,19,24-26,29,41H,3,5,7,10-18,20,36H2,1-2H3,(H2,37,42)(H,38,39). The van der Waals surface area contributed by atoms with Gasteiger partial charge in [0.1, 0.15) is 23.7 Å². The number of fused-ring (bicyclic) bond motifs is 5. The van der Waals surface area contributed by atoms with Crippen LogP contribution in [0.15, 0.2) is 30.3 Å². The molecule has 0 radical (unpaired) electrons. The number of methoxy groups -OCH3 is 1. The fourth-order valence-corrected chi connectivity index (χ4v) is 8.00. The van der Waals surface area contributed by atoms with E-state index in [0.29, 0.717) is 37.3 Å². The largest absolute Gasteiger partial charge is 0.505 e. The molecule has 2 saturated carbocycles. The molecule has 3 aliphatic rings. The first kappa shape index (κ1) is 34.5. The van der Waals surface area contributed by atoms with Gasteiger partial charge in [0.2, 0.25) is 5.91 Å². The van der Waals surface area contributed by atoms with Gasteiger partial charge in [0.15, 0.2) is 5.75 Å². The van der Waals surface area contributed by atoms with E-state index in [4.69, 9.17) is 35.2 Å². The number of nitrogen functional groups attached to an aromatic ring is 1. The average molecular weight is 654 g/mol. The summed E-state index contributed by atoms with van der Waals surface area (Å²) < 4.78 is 27.6. The predicted octanol–water partition coefficient (Wildman–Crippen LogP) is 3.47. The van der Waals surface area contributed by atoms with Gasteiger partial charge in [-0.2, -0.15) is 0 Å². The molecule has 2 aromatic rings. The van der Waals surface area contributed by atoms with E-state index in [1.54, 1.807) is 7.11 Å². The zero-order valence-corrected chi connectivity index (χ0v) is 27.3. The van der Waals surface area contributed by atoms with Crippen molar-refractivity contribution in [2.75, 3.05) is 52.4 Å². The van der Waals surface area contributed by atoms with E-state index in [2.05, 4.69) is 30.4 Å². The summed E-state index contributed by atoms with van der Waals surface area (Å²) in [5, 5.41) is 12.8. The van der Waals surface area contributed by atoms with Crippen LogP contribution in [0.3, 0.4) is 0 Å². The van der Waals surface area contributed by atoms with Crippen molar-refractivity contribution < 1.29 is 43.2 Å². The molecule has 5 unspecified atom stereocenters. The van der Waals surface area contributed by atoms with Gasteiger partial charge in [0, 0.05) is 13.0 Å². The number of nitrogens with two attached hydrogens (primary N) is 2. The second kappa shape index (κ2) is 15.4. The minimum Gasteiger partial charge on any atom is -0.505 e. The van der Waals surface area contributed by atoms with Crippen LogP contribution in [0.5, 0.6) is 17.2 Å². The van der Waals surface area contributed by atoms with Crippen LogP contribution < -0.4 is 26.3 Å². The monoisotopic (exact) mass is 653 g/mol. The lowest BCUT2D eigenvalue weighted by molar-refractivity contribution is -0.140. The van der Waals surface area contributed by atoms with Crippen molar-refractivity contribution in [1.29, 1.82) is 0 Å². The van der Waals surface area contributed by atoms with Crippen LogP contribution in [-0.4, -0.2) is 75.7 Å². The van der Waals surface area contributed by atoms with Crippen LogP contribution in [-0.2, 0) is 30.2 Å². The summed E-state index contributed by atoms with van der Waals surface area (Å²) >= 11 is 0. The second-order valence-electron chi connectivity index (χ2n) is 12.9. The predicted molar refractivity (Wildman–Crippen MR) is 173 cm³/mol. The minimum atomic E-state index is -0.987. The first-order chi connectivity index (χ1) is 22.6. The fourth-order valence-electron chi connectivity index (χ4n) is 8.00. The number of aryl methyl sites for hydroxylation is 1. The van der Waals surface area contributed by atoms with E-state index in [0.717, 1.165) is 25.0 Å². The van der Waals surface area contributed by atoms with E-state index in [-0.39, 0.29) is 54.2 Å². The normalized spacial score (nSPS) is 24.5. The van der Waals surface area contributed by atoms with Crippen molar-refractivity contribution in [2.45, 2.75) is 63.9 Å². The molecule has 12 heteroatoms. The Kier molecular flexibility index (Phi) is 11.3. The summed E-state index contributed by atoms with van der Waals surface area (Å²) in [7, 11) is 1.73. The van der Waals surface area contributed by atoms with Crippen molar-refractivity contribution >= 4 is 23.5 Å². The molecule has 47 heavy (non-hydrogen) atoms. The quantitative estimate of drug-likeness (QED) is 0.0731. The van der Waals surface area contributed by atoms with E-state index < -0.39 is 24.2 Å². The van der Waals surface area contributed by atoms with E-state index in [1.165, 1.54) is 42.5 Å². The number of benzene rings is 2. The molecule has 256 valence electrons. The summed E-state index contributed by atoms with van der Waals surface area (Å²) in [5.41, 5.74) is 13.5. The topological polar surface area (TPSA) is 182 Å². The maximum absolute atomic E-state index is 12.4. The van der Waals surface area contributed by atoms with Gasteiger partial charge < -0.3 is 45.6 Å². The van der Waals surface area contributed by atoms with Crippen LogP contribution in [0.2, 0.25) is 0 Å². The lowest BCUT2D eigenvalue weighted by Gasteiger charge is -2.50. The zero-order chi connectivity index (χ0) is 33.6. The Morgan fingerprint density at radius 1 is 1.02 bits per heavy atom. The number of phenols is 1. The highest BCUT2D eigenvalue weighted by Crippen LogP contribution is 2.61. The van der Waals surface area contributed by atoms with Gasteiger partial charge in [0.25, 0.3) is 5.91 Å². The minimum absolute atomic E-state index is 0.0703. The highest BCUT2D eigenvalue weighted by Gasteiger charge is 2.55. The van der Waals surface area contributed by atoms with Crippen molar-refractivity contribution in [2.24, 2.45) is 23.0 Å². The van der Waals surface area contributed by atoms with E-state index in [1.807, 2.05) is 0 Å². The zero-order valence-electron chi connectivity index (χ0n) is 27.3. The number of anilines is 1. The third-order valence-corrected chi connectivity index (χ3v) is 10.3. The van der Waals surface area contributed by atoms with Gasteiger partial charge in [0.05, 0.1) is 45.3 Å². The number of carbonyl (C=O) groups is 3. The smallest absolute Gasteiger partial charge is 0.337 e. The number of carbonyl (C=O) groups excluding carboxylic acids is 3. The molecule has 2 aromatic carbocycles. The molecule has 0 aliphatic heterocycles. The maximum atomic E-state index is 12.4. The maximum Gasteiger partial charge on any atom is 0.337 e. The van der Waals surface area contributed by atoms with Crippen molar-refractivity contribution in [3.05, 3.63) is 47.0 Å². The molecule has 0 spiro atoms. The highest BCUT2D eigenvalue weighted by molar-refractivity contribution is 6.00. The first-order valence-electron chi connectivity index (χ1n) is 16.4. The Bertz CT molecular complexity index is 1450. The molecular formula is C35H47N3O9. The SMILES string of the molecule is COc1ccc2c(c1)CCC1C2CCC2(C)C(OCCC(=O)NCCOCCOCC(=O)Oc3ccc(N)c(O)c3C(N)=O)CCC12. The van der Waals surface area contributed by atoms with E-state index in [9.17, 15) is 19.5 Å². The van der Waals surface area contributed by atoms with Crippen LogP contribution >= 0.6 is 0 Å². The molecule has 5 atom stereocenters. The molecule has 6 N–H and O–H groups in total. The van der Waals surface area contributed by atoms with Gasteiger partial charge in [-0.15, -0.1) is 0 Å². The Morgan fingerprint density at radius 2 is 1.83 bits per heavy atom. The lowest BCUT2D eigenvalue weighted by atomic mass is 9.55. The number of esters is 1. The number of hydrogen-bond donors (Lipinski definition) is 4. The first-order valence-corrected chi connectivity index (χ1v) is 16.4. The molecule has 2 amide bonds. The molecule has 0 aromatic heterocycles. The van der Waals surface area contributed by atoms with Crippen LogP contribution in [0.1, 0.15) is 72.9 Å². The number of aromatic hydroxyl groups is 1. The van der Waals surface area contributed by atoms with Gasteiger partial charge in [-0.05, 0) is 97.1 Å². The number of primary amides is 1. The van der Waals surface area contributed by atoms with Crippen LogP contribution in [0.25, 0.3) is 0 Å². The van der Waals surface area contributed by atoms with E-state index >= 15 is 0 Å². The summed E-state index contributed by atoms with van der Waals surface area (Å²) in [6, 6.07) is 9.16. The Morgan fingerprint density at radius 3 is 2.62 bits per heavy atom. The van der Waals surface area contributed by atoms with Gasteiger partial charge in [-0.1, -0.05) is 13.0 Å². The van der Waals surface area contributed by atoms with Gasteiger partial charge >= 0.3 is 5.97 Å². The second-order valence-corrected chi connectivity index (χ2v) is 12.9. The van der Waals surface area contributed by atoms with Crippen molar-refractivity contribution in [3.8, 4) is 17.2 Å². The summed E-state index contributed by atoms with van der Waals surface area (Å²) in [6.07, 6.45) is 7.37. The van der Waals surface area contributed by atoms with Crippen LogP contribution in [0.4, 0.5) is 5.69 Å². The Balaban J connectivity index is 0.934. The third-order valence-electron chi connectivity index (χ3n) is 10.3. The number of rotatable bonds is 15. The molecule has 5 rings (SSSR count). The molecule has 3 aliphatic carbocycles. The summed E-state index contributed by atoms with van der Waals surface area (Å²) in [6.45, 7) is 3.34.